The van der Waals surface area contributed by atoms with Gasteiger partial charge in [0.05, 0.1) is 32.0 Å². The molecule has 162 valence electrons. The highest BCUT2D eigenvalue weighted by Crippen LogP contribution is 2.41. The zero-order valence-electron chi connectivity index (χ0n) is 17.5. The molecule has 0 bridgehead atoms. The maximum absolute atomic E-state index is 11.3. The molecule has 0 radical (unpaired) electrons. The molecule has 1 N–H and O–H groups in total. The van der Waals surface area contributed by atoms with E-state index in [1.807, 2.05) is 19.1 Å². The Kier molecular flexibility index (Phi) is 5.83. The number of methoxy groups -OCH3 is 2. The lowest BCUT2D eigenvalue weighted by Gasteiger charge is -2.38. The number of aromatic nitrogens is 2. The molecular formula is C21H27N3O6. The Hall–Kier alpha value is -2.78. The Morgan fingerprint density at radius 2 is 1.87 bits per heavy atom. The van der Waals surface area contributed by atoms with Crippen molar-refractivity contribution in [3.05, 3.63) is 29.5 Å². The third-order valence-corrected chi connectivity index (χ3v) is 5.54. The number of aliphatic hydroxyl groups is 1. The Morgan fingerprint density at radius 3 is 2.53 bits per heavy atom. The molecule has 1 aromatic heterocycles. The second-order valence-corrected chi connectivity index (χ2v) is 7.33. The van der Waals surface area contributed by atoms with Gasteiger partial charge in [0.25, 0.3) is 0 Å². The number of ether oxygens (including phenoxy) is 5. The lowest BCUT2D eigenvalue weighted by atomic mass is 9.85. The summed E-state index contributed by atoms with van der Waals surface area (Å²) in [6.07, 6.45) is 2.66. The SMILES string of the molecule is CCOc1cc2c(cc1CN1CCC(O)(c3cnc(OC)nc3OC)CC1)OCO2. The van der Waals surface area contributed by atoms with Crippen LogP contribution < -0.4 is 23.7 Å². The van der Waals surface area contributed by atoms with Crippen LogP contribution in [-0.2, 0) is 12.1 Å². The van der Waals surface area contributed by atoms with Gasteiger partial charge in [-0.3, -0.25) is 4.90 Å². The molecule has 0 unspecified atom stereocenters. The summed E-state index contributed by atoms with van der Waals surface area (Å²) >= 11 is 0. The lowest BCUT2D eigenvalue weighted by Crippen LogP contribution is -2.42. The van der Waals surface area contributed by atoms with Gasteiger partial charge < -0.3 is 28.8 Å². The van der Waals surface area contributed by atoms with Gasteiger partial charge in [-0.2, -0.15) is 4.98 Å². The van der Waals surface area contributed by atoms with E-state index < -0.39 is 5.60 Å². The molecular weight excluding hydrogens is 390 g/mol. The molecule has 0 saturated carbocycles. The summed E-state index contributed by atoms with van der Waals surface area (Å²) in [6, 6.07) is 4.08. The van der Waals surface area contributed by atoms with E-state index in [1.54, 1.807) is 6.20 Å². The summed E-state index contributed by atoms with van der Waals surface area (Å²) in [7, 11) is 3.02. The minimum absolute atomic E-state index is 0.211. The Morgan fingerprint density at radius 1 is 1.13 bits per heavy atom. The molecule has 9 heteroatoms. The van der Waals surface area contributed by atoms with E-state index in [2.05, 4.69) is 14.9 Å². The van der Waals surface area contributed by atoms with Gasteiger partial charge >= 0.3 is 6.01 Å². The molecule has 3 heterocycles. The highest BCUT2D eigenvalue weighted by molar-refractivity contribution is 5.51. The van der Waals surface area contributed by atoms with E-state index >= 15 is 0 Å². The summed E-state index contributed by atoms with van der Waals surface area (Å²) in [6.45, 7) is 4.85. The topological polar surface area (TPSA) is 95.4 Å². The average molecular weight is 417 g/mol. The first kappa shape index (κ1) is 20.5. The third kappa shape index (κ3) is 3.95. The van der Waals surface area contributed by atoms with E-state index in [1.165, 1.54) is 14.2 Å². The van der Waals surface area contributed by atoms with Gasteiger partial charge in [0.2, 0.25) is 12.7 Å². The Labute approximate surface area is 175 Å². The number of piperidine rings is 1. The quantitative estimate of drug-likeness (QED) is 0.727. The van der Waals surface area contributed by atoms with E-state index in [4.69, 9.17) is 23.7 Å². The highest BCUT2D eigenvalue weighted by Gasteiger charge is 2.37. The van der Waals surface area contributed by atoms with Crippen molar-refractivity contribution in [1.29, 1.82) is 0 Å². The molecule has 9 nitrogen and oxygen atoms in total. The van der Waals surface area contributed by atoms with Crippen LogP contribution in [-0.4, -0.2) is 60.7 Å². The molecule has 1 fully saturated rings. The van der Waals surface area contributed by atoms with Crippen LogP contribution in [0.25, 0.3) is 0 Å². The van der Waals surface area contributed by atoms with Crippen molar-refractivity contribution in [2.75, 3.05) is 40.7 Å². The number of hydrogen-bond acceptors (Lipinski definition) is 9. The van der Waals surface area contributed by atoms with Crippen molar-refractivity contribution in [2.24, 2.45) is 0 Å². The summed E-state index contributed by atoms with van der Waals surface area (Å²) in [5.41, 5.74) is 0.576. The lowest BCUT2D eigenvalue weighted by molar-refractivity contribution is -0.0301. The molecule has 1 saturated heterocycles. The minimum atomic E-state index is -1.05. The van der Waals surface area contributed by atoms with E-state index in [9.17, 15) is 5.11 Å². The van der Waals surface area contributed by atoms with Crippen LogP contribution in [0, 0.1) is 0 Å². The van der Waals surface area contributed by atoms with Crippen molar-refractivity contribution in [3.8, 4) is 29.1 Å². The van der Waals surface area contributed by atoms with Crippen molar-refractivity contribution < 1.29 is 28.8 Å². The van der Waals surface area contributed by atoms with E-state index in [-0.39, 0.29) is 12.8 Å². The first-order valence-corrected chi connectivity index (χ1v) is 10.0. The largest absolute Gasteiger partial charge is 0.493 e. The number of fused-ring (bicyclic) bond motifs is 1. The number of nitrogens with zero attached hydrogens (tertiary/aromatic N) is 3. The van der Waals surface area contributed by atoms with E-state index in [0.717, 1.165) is 17.1 Å². The zero-order valence-corrected chi connectivity index (χ0v) is 17.5. The predicted octanol–water partition coefficient (Wildman–Crippen LogP) is 2.10. The number of rotatable bonds is 7. The highest BCUT2D eigenvalue weighted by atomic mass is 16.7. The summed E-state index contributed by atoms with van der Waals surface area (Å²) in [5.74, 6) is 2.59. The molecule has 2 aliphatic heterocycles. The second kappa shape index (κ2) is 8.53. The van der Waals surface area contributed by atoms with Gasteiger partial charge in [0, 0.05) is 37.5 Å². The molecule has 0 aliphatic carbocycles. The molecule has 0 spiro atoms. The van der Waals surface area contributed by atoms with Crippen molar-refractivity contribution >= 4 is 0 Å². The maximum Gasteiger partial charge on any atom is 0.319 e. The van der Waals surface area contributed by atoms with Crippen LogP contribution >= 0.6 is 0 Å². The van der Waals surface area contributed by atoms with Crippen LogP contribution in [0.2, 0.25) is 0 Å². The molecule has 30 heavy (non-hydrogen) atoms. The van der Waals surface area contributed by atoms with Crippen LogP contribution in [0.15, 0.2) is 18.3 Å². The normalized spacial score (nSPS) is 17.6. The third-order valence-electron chi connectivity index (χ3n) is 5.54. The van der Waals surface area contributed by atoms with Crippen molar-refractivity contribution in [3.63, 3.8) is 0 Å². The smallest absolute Gasteiger partial charge is 0.319 e. The van der Waals surface area contributed by atoms with E-state index in [0.29, 0.717) is 56.3 Å². The average Bonchev–Trinajstić information content (AvgIpc) is 3.22. The van der Waals surface area contributed by atoms with Gasteiger partial charge in [-0.15, -0.1) is 0 Å². The van der Waals surface area contributed by atoms with Gasteiger partial charge in [-0.25, -0.2) is 4.98 Å². The fraction of sp³-hybridized carbons (Fsp3) is 0.524. The number of benzene rings is 1. The molecule has 2 aliphatic rings. The molecule has 0 atom stereocenters. The van der Waals surface area contributed by atoms with Gasteiger partial charge in [0.1, 0.15) is 5.75 Å². The fourth-order valence-electron chi connectivity index (χ4n) is 3.89. The fourth-order valence-corrected chi connectivity index (χ4v) is 3.89. The van der Waals surface area contributed by atoms with Gasteiger partial charge in [0.15, 0.2) is 11.5 Å². The van der Waals surface area contributed by atoms with Crippen LogP contribution in [0.1, 0.15) is 30.9 Å². The van der Waals surface area contributed by atoms with Crippen molar-refractivity contribution in [2.45, 2.75) is 31.9 Å². The zero-order chi connectivity index (χ0) is 21.1. The van der Waals surface area contributed by atoms with Gasteiger partial charge in [-0.1, -0.05) is 0 Å². The molecule has 1 aromatic carbocycles. The standard InChI is InChI=1S/C21H27N3O6/c1-4-28-16-10-18-17(29-13-30-18)9-14(16)12-24-7-5-21(25,6-8-24)15-11-22-20(27-3)23-19(15)26-2/h9-11,25H,4-8,12-13H2,1-3H3. The first-order valence-electron chi connectivity index (χ1n) is 10.0. The summed E-state index contributed by atoms with van der Waals surface area (Å²) in [5, 5.41) is 11.3. The molecule has 4 rings (SSSR count). The Bertz CT molecular complexity index is 899. The summed E-state index contributed by atoms with van der Waals surface area (Å²) in [4.78, 5) is 10.6. The number of likely N-dealkylation sites (tertiary alicyclic amines) is 1. The predicted molar refractivity (Wildman–Crippen MR) is 107 cm³/mol. The molecule has 0 amide bonds. The second-order valence-electron chi connectivity index (χ2n) is 7.33. The minimum Gasteiger partial charge on any atom is -0.493 e. The molecule has 2 aromatic rings. The number of hydrogen-bond donors (Lipinski definition) is 1. The first-order chi connectivity index (χ1) is 14.6. The van der Waals surface area contributed by atoms with Crippen LogP contribution in [0.5, 0.6) is 29.1 Å². The van der Waals surface area contributed by atoms with Crippen LogP contribution in [0.3, 0.4) is 0 Å². The summed E-state index contributed by atoms with van der Waals surface area (Å²) < 4.78 is 27.2. The Balaban J connectivity index is 1.48. The maximum atomic E-state index is 11.3. The van der Waals surface area contributed by atoms with Gasteiger partial charge in [-0.05, 0) is 25.8 Å². The van der Waals surface area contributed by atoms with Crippen molar-refractivity contribution in [1.82, 2.24) is 14.9 Å². The van der Waals surface area contributed by atoms with Crippen LogP contribution in [0.4, 0.5) is 0 Å². The monoisotopic (exact) mass is 417 g/mol.